The highest BCUT2D eigenvalue weighted by atomic mass is 16.5. The molecular weight excluding hydrogens is 272 g/mol. The minimum absolute atomic E-state index is 0.109. The van der Waals surface area contributed by atoms with Crippen LogP contribution in [0.3, 0.4) is 0 Å². The summed E-state index contributed by atoms with van der Waals surface area (Å²) in [6, 6.07) is 1.96. The molecule has 0 saturated carbocycles. The maximum Gasteiger partial charge on any atom is 0.253 e. The predicted molar refractivity (Wildman–Crippen MR) is 75.7 cm³/mol. The number of nitrogens with zero attached hydrogens (tertiary/aromatic N) is 3. The van der Waals surface area contributed by atoms with Crippen LogP contribution in [0.15, 0.2) is 10.6 Å². The van der Waals surface area contributed by atoms with E-state index in [2.05, 4.69) is 15.4 Å². The largest absolute Gasteiger partial charge is 0.366 e. The van der Waals surface area contributed by atoms with Gasteiger partial charge in [-0.15, -0.1) is 0 Å². The first-order valence-electron chi connectivity index (χ1n) is 7.48. The van der Waals surface area contributed by atoms with Crippen LogP contribution in [-0.4, -0.2) is 72.8 Å². The highest BCUT2D eigenvalue weighted by Gasteiger charge is 2.29. The van der Waals surface area contributed by atoms with Crippen molar-refractivity contribution in [3.63, 3.8) is 0 Å². The molecule has 2 fully saturated rings. The third-order valence-electron chi connectivity index (χ3n) is 3.94. The summed E-state index contributed by atoms with van der Waals surface area (Å²) in [6.07, 6.45) is -0.317. The van der Waals surface area contributed by atoms with Crippen LogP contribution in [0, 0.1) is 6.92 Å². The van der Waals surface area contributed by atoms with Gasteiger partial charge in [0.2, 0.25) is 0 Å². The fraction of sp³-hybridized carbons (Fsp3) is 0.714. The van der Waals surface area contributed by atoms with Crippen molar-refractivity contribution in [2.45, 2.75) is 19.6 Å². The fourth-order valence-electron chi connectivity index (χ4n) is 2.77. The Bertz CT molecular complexity index is 476. The lowest BCUT2D eigenvalue weighted by atomic mass is 10.2. The van der Waals surface area contributed by atoms with Gasteiger partial charge in [-0.05, 0) is 6.92 Å². The number of hydrogen-bond acceptors (Lipinski definition) is 6. The number of hydrogen-bond donors (Lipinski definition) is 1. The maximum atomic E-state index is 12.3. The zero-order chi connectivity index (χ0) is 14.7. The third-order valence-corrected chi connectivity index (χ3v) is 3.94. The fourth-order valence-corrected chi connectivity index (χ4v) is 2.77. The Balaban J connectivity index is 1.47. The van der Waals surface area contributed by atoms with Crippen LogP contribution in [0.4, 0.5) is 0 Å². The van der Waals surface area contributed by atoms with Gasteiger partial charge in [0.25, 0.3) is 5.91 Å². The van der Waals surface area contributed by atoms with Crippen LogP contribution in [0.2, 0.25) is 0 Å². The van der Waals surface area contributed by atoms with Gasteiger partial charge in [-0.1, -0.05) is 5.16 Å². The van der Waals surface area contributed by atoms with Gasteiger partial charge >= 0.3 is 0 Å². The van der Waals surface area contributed by atoms with Crippen LogP contribution in [0.1, 0.15) is 11.5 Å². The van der Waals surface area contributed by atoms with Gasteiger partial charge < -0.3 is 19.5 Å². The summed E-state index contributed by atoms with van der Waals surface area (Å²) >= 11 is 0. The second kappa shape index (κ2) is 6.55. The normalized spacial score (nSPS) is 24.2. The van der Waals surface area contributed by atoms with E-state index in [9.17, 15) is 4.79 Å². The molecule has 7 heteroatoms. The van der Waals surface area contributed by atoms with Crippen molar-refractivity contribution in [2.24, 2.45) is 0 Å². The molecule has 0 aromatic carbocycles. The number of piperazine rings is 1. The van der Waals surface area contributed by atoms with Crippen molar-refractivity contribution in [3.8, 4) is 0 Å². The molecule has 2 aliphatic rings. The van der Waals surface area contributed by atoms with Crippen LogP contribution >= 0.6 is 0 Å². The maximum absolute atomic E-state index is 12.3. The van der Waals surface area contributed by atoms with E-state index in [-0.39, 0.29) is 12.0 Å². The van der Waals surface area contributed by atoms with Crippen molar-refractivity contribution in [1.29, 1.82) is 0 Å². The Morgan fingerprint density at radius 2 is 2.24 bits per heavy atom. The van der Waals surface area contributed by atoms with Crippen molar-refractivity contribution >= 4 is 5.91 Å². The molecule has 2 saturated heterocycles. The zero-order valence-corrected chi connectivity index (χ0v) is 12.4. The monoisotopic (exact) mass is 294 g/mol. The highest BCUT2D eigenvalue weighted by molar-refractivity contribution is 5.81. The molecule has 21 heavy (non-hydrogen) atoms. The number of carbonyl (C=O) groups is 1. The van der Waals surface area contributed by atoms with Crippen LogP contribution < -0.4 is 5.32 Å². The Hall–Kier alpha value is -1.44. The molecule has 1 atom stereocenters. The smallest absolute Gasteiger partial charge is 0.253 e. The topological polar surface area (TPSA) is 70.8 Å². The zero-order valence-electron chi connectivity index (χ0n) is 12.4. The lowest BCUT2D eigenvalue weighted by Crippen LogP contribution is -2.54. The molecule has 116 valence electrons. The Labute approximate surface area is 124 Å². The Morgan fingerprint density at radius 1 is 1.43 bits per heavy atom. The number of aryl methyl sites for hydroxylation is 1. The van der Waals surface area contributed by atoms with Gasteiger partial charge in [-0.2, -0.15) is 0 Å². The number of aromatic nitrogens is 1. The van der Waals surface area contributed by atoms with Crippen LogP contribution in [0.5, 0.6) is 0 Å². The van der Waals surface area contributed by atoms with E-state index in [1.165, 1.54) is 0 Å². The Morgan fingerprint density at radius 3 is 2.86 bits per heavy atom. The molecule has 1 unspecified atom stereocenters. The molecule has 0 aliphatic carbocycles. The van der Waals surface area contributed by atoms with E-state index < -0.39 is 0 Å². The molecule has 1 N–H and O–H groups in total. The van der Waals surface area contributed by atoms with E-state index >= 15 is 0 Å². The van der Waals surface area contributed by atoms with Gasteiger partial charge in [-0.25, -0.2) is 0 Å². The molecule has 3 rings (SSSR count). The third kappa shape index (κ3) is 3.61. The quantitative estimate of drug-likeness (QED) is 0.819. The van der Waals surface area contributed by atoms with Crippen LogP contribution in [-0.2, 0) is 16.1 Å². The summed E-state index contributed by atoms with van der Waals surface area (Å²) in [7, 11) is 0. The average Bonchev–Trinajstić information content (AvgIpc) is 2.93. The standard InChI is InChI=1S/C14H22N4O3/c1-11-8-12(21-16-11)10-17-3-5-18(6-4-17)14(19)13-9-15-2-7-20-13/h8,13,15H,2-7,9-10H2,1H3. The second-order valence-electron chi connectivity index (χ2n) is 5.60. The van der Waals surface area contributed by atoms with E-state index in [4.69, 9.17) is 9.26 Å². The highest BCUT2D eigenvalue weighted by Crippen LogP contribution is 2.11. The summed E-state index contributed by atoms with van der Waals surface area (Å²) in [5, 5.41) is 7.09. The number of nitrogens with one attached hydrogen (secondary N) is 1. The van der Waals surface area contributed by atoms with Gasteiger partial charge in [0.15, 0.2) is 5.76 Å². The molecule has 7 nitrogen and oxygen atoms in total. The van der Waals surface area contributed by atoms with Gasteiger partial charge in [0.1, 0.15) is 6.10 Å². The molecule has 2 aliphatic heterocycles. The predicted octanol–water partition coefficient (Wildman–Crippen LogP) is -0.384. The van der Waals surface area contributed by atoms with E-state index in [0.717, 1.165) is 50.7 Å². The number of ether oxygens (including phenoxy) is 1. The number of amides is 1. The molecule has 0 bridgehead atoms. The molecular formula is C14H22N4O3. The first-order valence-corrected chi connectivity index (χ1v) is 7.48. The van der Waals surface area contributed by atoms with Gasteiger partial charge in [-0.3, -0.25) is 9.69 Å². The molecule has 0 spiro atoms. The first kappa shape index (κ1) is 14.5. The number of carbonyl (C=O) groups excluding carboxylic acids is 1. The van der Waals surface area contributed by atoms with E-state index in [1.807, 2.05) is 17.9 Å². The molecule has 0 radical (unpaired) electrons. The van der Waals surface area contributed by atoms with Crippen molar-refractivity contribution < 1.29 is 14.1 Å². The van der Waals surface area contributed by atoms with Crippen molar-refractivity contribution in [2.75, 3.05) is 45.9 Å². The minimum atomic E-state index is -0.317. The van der Waals surface area contributed by atoms with E-state index in [0.29, 0.717) is 13.2 Å². The van der Waals surface area contributed by atoms with Crippen LogP contribution in [0.25, 0.3) is 0 Å². The lowest BCUT2D eigenvalue weighted by Gasteiger charge is -2.36. The van der Waals surface area contributed by atoms with Gasteiger partial charge in [0, 0.05) is 45.3 Å². The summed E-state index contributed by atoms with van der Waals surface area (Å²) in [5.74, 6) is 0.990. The lowest BCUT2D eigenvalue weighted by molar-refractivity contribution is -0.147. The van der Waals surface area contributed by atoms with Crippen molar-refractivity contribution in [1.82, 2.24) is 20.3 Å². The molecule has 1 aromatic heterocycles. The average molecular weight is 294 g/mol. The summed E-state index contributed by atoms with van der Waals surface area (Å²) < 4.78 is 10.8. The number of morpholine rings is 1. The molecule has 1 aromatic rings. The molecule has 1 amide bonds. The Kier molecular flexibility index (Phi) is 4.52. The minimum Gasteiger partial charge on any atom is -0.366 e. The number of rotatable bonds is 3. The first-order chi connectivity index (χ1) is 10.2. The van der Waals surface area contributed by atoms with Gasteiger partial charge in [0.05, 0.1) is 18.8 Å². The second-order valence-corrected chi connectivity index (χ2v) is 5.60. The van der Waals surface area contributed by atoms with Crippen molar-refractivity contribution in [3.05, 3.63) is 17.5 Å². The SMILES string of the molecule is Cc1cc(CN2CCN(C(=O)C3CNCCO3)CC2)on1. The summed E-state index contributed by atoms with van der Waals surface area (Å²) in [4.78, 5) is 16.5. The molecule has 3 heterocycles. The summed E-state index contributed by atoms with van der Waals surface area (Å²) in [6.45, 7) is 7.92. The summed E-state index contributed by atoms with van der Waals surface area (Å²) in [5.41, 5.74) is 0.903. The van der Waals surface area contributed by atoms with E-state index in [1.54, 1.807) is 0 Å².